The molecule has 3 heteroatoms. The van der Waals surface area contributed by atoms with Gasteiger partial charge in [-0.25, -0.2) is 0 Å². The maximum Gasteiger partial charge on any atom is 0.0711 e. The molecule has 1 heterocycles. The molecule has 0 aliphatic heterocycles. The monoisotopic (exact) mass is 304 g/mol. The fraction of sp³-hybridized carbons (Fsp3) is 0.111. The first-order valence-electron chi connectivity index (χ1n) is 3.52. The summed E-state index contributed by atoms with van der Waals surface area (Å²) in [6, 6.07) is 6.49. The van der Waals surface area contributed by atoms with Gasteiger partial charge in [0.25, 0.3) is 0 Å². The second-order valence-electron chi connectivity index (χ2n) is 2.72. The Morgan fingerprint density at radius 3 is 2.67 bits per heavy atom. The van der Waals surface area contributed by atoms with Gasteiger partial charge in [-0.3, -0.25) is 0 Å². The summed E-state index contributed by atoms with van der Waals surface area (Å²) in [5.41, 5.74) is 1.29. The Morgan fingerprint density at radius 1 is 1.17 bits per heavy atom. The van der Waals surface area contributed by atoms with Crippen molar-refractivity contribution in [2.24, 2.45) is 0 Å². The molecule has 2 aromatic rings. The third-order valence-corrected chi connectivity index (χ3v) is 4.26. The predicted octanol–water partition coefficient (Wildman–Crippen LogP) is 4.73. The van der Waals surface area contributed by atoms with Crippen molar-refractivity contribution >= 4 is 53.3 Å². The van der Waals surface area contributed by atoms with Crippen molar-refractivity contribution in [3.05, 3.63) is 32.0 Å². The fourth-order valence-electron chi connectivity index (χ4n) is 1.22. The Morgan fingerprint density at radius 2 is 1.92 bits per heavy atom. The van der Waals surface area contributed by atoms with Crippen LogP contribution in [-0.2, 0) is 0 Å². The van der Waals surface area contributed by atoms with Crippen LogP contribution in [0.3, 0.4) is 0 Å². The maximum absolute atomic E-state index is 3.55. The van der Waals surface area contributed by atoms with E-state index in [4.69, 9.17) is 0 Å². The zero-order valence-electron chi connectivity index (χ0n) is 6.40. The molecule has 1 aromatic heterocycles. The highest BCUT2D eigenvalue weighted by Gasteiger charge is 2.03. The fourth-order valence-corrected chi connectivity index (χ4v) is 3.56. The standard InChI is InChI=1S/C9H6Br2S/c1-5-2-6-4-8(11)12-9(6)7(10)3-5/h2-4H,1H3. The summed E-state index contributed by atoms with van der Waals surface area (Å²) in [6.45, 7) is 2.11. The molecule has 0 fully saturated rings. The predicted molar refractivity (Wildman–Crippen MR) is 62.0 cm³/mol. The number of benzene rings is 1. The summed E-state index contributed by atoms with van der Waals surface area (Å²) in [5.74, 6) is 0. The first-order valence-corrected chi connectivity index (χ1v) is 5.92. The van der Waals surface area contributed by atoms with Gasteiger partial charge in [-0.05, 0) is 61.9 Å². The van der Waals surface area contributed by atoms with E-state index >= 15 is 0 Å². The van der Waals surface area contributed by atoms with E-state index in [-0.39, 0.29) is 0 Å². The highest BCUT2D eigenvalue weighted by atomic mass is 79.9. The first kappa shape index (κ1) is 8.73. The Balaban J connectivity index is 2.88. The third-order valence-electron chi connectivity index (χ3n) is 1.69. The lowest BCUT2D eigenvalue weighted by atomic mass is 10.2. The number of hydrogen-bond donors (Lipinski definition) is 0. The minimum Gasteiger partial charge on any atom is -0.127 e. The van der Waals surface area contributed by atoms with Gasteiger partial charge < -0.3 is 0 Å². The highest BCUT2D eigenvalue weighted by Crippen LogP contribution is 2.35. The maximum atomic E-state index is 3.55. The Hall–Kier alpha value is 0.140. The van der Waals surface area contributed by atoms with E-state index < -0.39 is 0 Å². The van der Waals surface area contributed by atoms with Crippen LogP contribution >= 0.6 is 43.2 Å². The highest BCUT2D eigenvalue weighted by molar-refractivity contribution is 9.11. The van der Waals surface area contributed by atoms with Gasteiger partial charge in [0.2, 0.25) is 0 Å². The van der Waals surface area contributed by atoms with E-state index in [0.29, 0.717) is 0 Å². The molecule has 0 aliphatic carbocycles. The van der Waals surface area contributed by atoms with E-state index in [9.17, 15) is 0 Å². The molecule has 0 unspecified atom stereocenters. The Bertz CT molecular complexity index is 431. The summed E-state index contributed by atoms with van der Waals surface area (Å²) in [6.07, 6.45) is 0. The van der Waals surface area contributed by atoms with Crippen LogP contribution in [0.15, 0.2) is 26.5 Å². The van der Waals surface area contributed by atoms with Gasteiger partial charge in [0.1, 0.15) is 0 Å². The molecule has 0 atom stereocenters. The molecule has 0 saturated heterocycles. The van der Waals surface area contributed by atoms with Crippen LogP contribution in [0.5, 0.6) is 0 Å². The Labute approximate surface area is 91.9 Å². The van der Waals surface area contributed by atoms with Crippen molar-refractivity contribution in [2.45, 2.75) is 6.92 Å². The topological polar surface area (TPSA) is 0 Å². The lowest BCUT2D eigenvalue weighted by molar-refractivity contribution is 1.50. The van der Waals surface area contributed by atoms with E-state index in [2.05, 4.69) is 57.0 Å². The lowest BCUT2D eigenvalue weighted by Gasteiger charge is -1.95. The molecule has 12 heavy (non-hydrogen) atoms. The van der Waals surface area contributed by atoms with Crippen molar-refractivity contribution in [2.75, 3.05) is 0 Å². The molecular formula is C9H6Br2S. The van der Waals surface area contributed by atoms with Crippen molar-refractivity contribution in [3.8, 4) is 0 Å². The quantitative estimate of drug-likeness (QED) is 0.660. The van der Waals surface area contributed by atoms with Crippen molar-refractivity contribution < 1.29 is 0 Å². The van der Waals surface area contributed by atoms with Crippen molar-refractivity contribution in [1.29, 1.82) is 0 Å². The van der Waals surface area contributed by atoms with Crippen LogP contribution in [0.2, 0.25) is 0 Å². The average Bonchev–Trinajstić information content (AvgIpc) is 2.29. The lowest BCUT2D eigenvalue weighted by Crippen LogP contribution is -1.71. The van der Waals surface area contributed by atoms with E-state index in [1.807, 2.05) is 0 Å². The molecule has 1 aromatic carbocycles. The van der Waals surface area contributed by atoms with Gasteiger partial charge >= 0.3 is 0 Å². The van der Waals surface area contributed by atoms with E-state index in [0.717, 1.165) is 0 Å². The van der Waals surface area contributed by atoms with Crippen molar-refractivity contribution in [1.82, 2.24) is 0 Å². The SMILES string of the molecule is Cc1cc(Br)c2sc(Br)cc2c1. The summed E-state index contributed by atoms with van der Waals surface area (Å²) < 4.78 is 3.68. The summed E-state index contributed by atoms with van der Waals surface area (Å²) in [7, 11) is 0. The van der Waals surface area contributed by atoms with Gasteiger partial charge in [0.05, 0.1) is 3.79 Å². The number of thiophene rings is 1. The summed E-state index contributed by atoms with van der Waals surface area (Å²) >= 11 is 8.79. The second kappa shape index (κ2) is 3.13. The molecule has 62 valence electrons. The van der Waals surface area contributed by atoms with Gasteiger partial charge in [-0.1, -0.05) is 6.07 Å². The van der Waals surface area contributed by atoms with Gasteiger partial charge in [0.15, 0.2) is 0 Å². The van der Waals surface area contributed by atoms with Crippen molar-refractivity contribution in [3.63, 3.8) is 0 Å². The molecule has 0 nitrogen and oxygen atoms in total. The van der Waals surface area contributed by atoms with Gasteiger partial charge in [-0.2, -0.15) is 0 Å². The van der Waals surface area contributed by atoms with Crippen LogP contribution in [-0.4, -0.2) is 0 Å². The molecule has 0 radical (unpaired) electrons. The Kier molecular flexibility index (Phi) is 2.27. The minimum atomic E-state index is 1.18. The number of aryl methyl sites for hydroxylation is 1. The third kappa shape index (κ3) is 1.45. The molecule has 0 aliphatic rings. The summed E-state index contributed by atoms with van der Waals surface area (Å²) in [5, 5.41) is 1.30. The van der Waals surface area contributed by atoms with Crippen LogP contribution in [0.1, 0.15) is 5.56 Å². The number of rotatable bonds is 0. The average molecular weight is 306 g/mol. The van der Waals surface area contributed by atoms with Crippen LogP contribution < -0.4 is 0 Å². The van der Waals surface area contributed by atoms with Crippen LogP contribution in [0.4, 0.5) is 0 Å². The molecule has 2 rings (SSSR count). The second-order valence-corrected chi connectivity index (χ2v) is 6.00. The number of hydrogen-bond acceptors (Lipinski definition) is 1. The largest absolute Gasteiger partial charge is 0.127 e. The molecule has 0 bridgehead atoms. The summed E-state index contributed by atoms with van der Waals surface area (Å²) in [4.78, 5) is 0. The molecule has 0 N–H and O–H groups in total. The normalized spacial score (nSPS) is 10.9. The molecular weight excluding hydrogens is 300 g/mol. The van der Waals surface area contributed by atoms with Crippen LogP contribution in [0.25, 0.3) is 10.1 Å². The van der Waals surface area contributed by atoms with Gasteiger partial charge in [0, 0.05) is 9.17 Å². The van der Waals surface area contributed by atoms with Crippen LogP contribution in [0, 0.1) is 6.92 Å². The van der Waals surface area contributed by atoms with Gasteiger partial charge in [-0.15, -0.1) is 11.3 Å². The first-order chi connectivity index (χ1) is 5.66. The minimum absolute atomic E-state index is 1.18. The molecule has 0 spiro atoms. The zero-order chi connectivity index (χ0) is 8.72. The zero-order valence-corrected chi connectivity index (χ0v) is 10.4. The number of fused-ring (bicyclic) bond motifs is 1. The smallest absolute Gasteiger partial charge is 0.0711 e. The number of halogens is 2. The molecule has 0 saturated carbocycles. The van der Waals surface area contributed by atoms with E-state index in [1.165, 1.54) is 23.9 Å². The molecule has 0 amide bonds. The van der Waals surface area contributed by atoms with E-state index in [1.54, 1.807) is 11.3 Å².